The lowest BCUT2D eigenvalue weighted by molar-refractivity contribution is -0.118. The van der Waals surface area contributed by atoms with Gasteiger partial charge in [-0.2, -0.15) is 15.3 Å². The van der Waals surface area contributed by atoms with Gasteiger partial charge in [-0.25, -0.2) is 5.10 Å². The average molecular weight is 360 g/mol. The van der Waals surface area contributed by atoms with Crippen molar-refractivity contribution in [3.8, 4) is 6.07 Å². The monoisotopic (exact) mass is 360 g/mol. The van der Waals surface area contributed by atoms with Crippen LogP contribution in [0.3, 0.4) is 0 Å². The number of hydrogen-bond acceptors (Lipinski definition) is 6. The molecule has 0 radical (unpaired) electrons. The Hall–Kier alpha value is -3.40. The molecule has 0 bridgehead atoms. The summed E-state index contributed by atoms with van der Waals surface area (Å²) in [6, 6.07) is 11.8. The summed E-state index contributed by atoms with van der Waals surface area (Å²) in [5.74, 6) is 0.269. The molecule has 2 heterocycles. The molecule has 1 aromatic heterocycles. The maximum Gasteiger partial charge on any atom is 0.231 e. The number of H-pyrrole nitrogens is 1. The quantitative estimate of drug-likeness (QED) is 0.852. The molecule has 2 aliphatic rings. The van der Waals surface area contributed by atoms with Crippen LogP contribution in [0.1, 0.15) is 38.2 Å². The highest BCUT2D eigenvalue weighted by Crippen LogP contribution is 2.49. The van der Waals surface area contributed by atoms with Crippen molar-refractivity contribution < 1.29 is 4.79 Å². The largest absolute Gasteiger partial charge is 0.384 e. The molecule has 0 amide bonds. The average Bonchev–Trinajstić information content (AvgIpc) is 3.14. The van der Waals surface area contributed by atoms with Crippen LogP contribution in [0.25, 0.3) is 0 Å². The number of nitrogens with two attached hydrogens (primary N) is 1. The number of allylic oxidation sites excluding steroid dienone is 3. The van der Waals surface area contributed by atoms with Crippen molar-refractivity contribution in [3.63, 3.8) is 0 Å². The van der Waals surface area contributed by atoms with Crippen molar-refractivity contribution in [2.75, 3.05) is 4.90 Å². The van der Waals surface area contributed by atoms with Crippen LogP contribution in [0, 0.1) is 16.7 Å². The molecule has 1 aliphatic carbocycles. The normalized spacial score (nSPS) is 21.9. The molecule has 136 valence electrons. The highest BCUT2D eigenvalue weighted by molar-refractivity contribution is 6.01. The molecule has 0 saturated carbocycles. The van der Waals surface area contributed by atoms with Crippen LogP contribution >= 0.6 is 0 Å². The second kappa shape index (κ2) is 6.09. The number of aromatic amines is 1. The molecule has 4 rings (SSSR count). The van der Waals surface area contributed by atoms with E-state index in [9.17, 15) is 10.1 Å². The number of Topliss-reactive ketones (excluding diaryl/α,β-unsaturated/α-hetero) is 1. The molecule has 0 unspecified atom stereocenters. The number of aromatic nitrogens is 3. The van der Waals surface area contributed by atoms with E-state index in [-0.39, 0.29) is 17.0 Å². The molecule has 27 heavy (non-hydrogen) atoms. The van der Waals surface area contributed by atoms with Crippen molar-refractivity contribution in [2.45, 2.75) is 32.6 Å². The van der Waals surface area contributed by atoms with Gasteiger partial charge in [0, 0.05) is 17.7 Å². The molecule has 0 fully saturated rings. The zero-order chi connectivity index (χ0) is 19.2. The molecule has 3 N–H and O–H groups in total. The van der Waals surface area contributed by atoms with Crippen LogP contribution in [0.4, 0.5) is 5.95 Å². The first-order chi connectivity index (χ1) is 12.9. The second-order valence-electron chi connectivity index (χ2n) is 7.70. The number of ketones is 1. The highest BCUT2D eigenvalue weighted by atomic mass is 16.1. The fourth-order valence-corrected chi connectivity index (χ4v) is 4.04. The summed E-state index contributed by atoms with van der Waals surface area (Å²) in [5, 5.41) is 16.6. The Morgan fingerprint density at radius 3 is 2.67 bits per heavy atom. The number of rotatable bonds is 2. The van der Waals surface area contributed by atoms with Crippen molar-refractivity contribution in [1.82, 2.24) is 15.2 Å². The number of carbonyl (C=O) groups is 1. The van der Waals surface area contributed by atoms with E-state index in [0.717, 1.165) is 11.3 Å². The number of hydrogen-bond donors (Lipinski definition) is 2. The zero-order valence-corrected chi connectivity index (χ0v) is 15.2. The fraction of sp³-hybridized carbons (Fsp3) is 0.300. The lowest BCUT2D eigenvalue weighted by Crippen LogP contribution is -2.42. The first-order valence-electron chi connectivity index (χ1n) is 8.79. The first kappa shape index (κ1) is 17.0. The van der Waals surface area contributed by atoms with Gasteiger partial charge in [-0.15, -0.1) is 0 Å². The van der Waals surface area contributed by atoms with E-state index >= 15 is 0 Å². The standard InChI is InChI=1S/C20H20N6O/c1-20(2)8-14-17(15(27)9-20)16(12-6-4-3-5-7-12)13(10-21)18(22)26(14)19-23-11-24-25-19/h3-7,11,16H,8-9,22H2,1-2H3,(H,23,24,25)/t16-/m0/s1. The van der Waals surface area contributed by atoms with Gasteiger partial charge in [-0.1, -0.05) is 44.2 Å². The van der Waals surface area contributed by atoms with Gasteiger partial charge in [0.05, 0.1) is 17.6 Å². The van der Waals surface area contributed by atoms with Gasteiger partial charge in [-0.3, -0.25) is 9.69 Å². The Morgan fingerprint density at radius 1 is 1.30 bits per heavy atom. The third kappa shape index (κ3) is 2.70. The SMILES string of the molecule is CC1(C)CC(=O)C2=C(C1)N(c1ncn[nH]1)C(N)=C(C#N)[C@@H]2c1ccccc1. The van der Waals surface area contributed by atoms with E-state index in [2.05, 4.69) is 35.1 Å². The topological polar surface area (TPSA) is 112 Å². The van der Waals surface area contributed by atoms with E-state index in [4.69, 9.17) is 5.73 Å². The van der Waals surface area contributed by atoms with E-state index in [1.807, 2.05) is 30.3 Å². The first-order valence-corrected chi connectivity index (χ1v) is 8.79. The fourth-order valence-electron chi connectivity index (χ4n) is 4.04. The predicted octanol–water partition coefficient (Wildman–Crippen LogP) is 2.75. The molecule has 2 aromatic rings. The minimum absolute atomic E-state index is 0.0415. The van der Waals surface area contributed by atoms with Crippen LogP contribution in [-0.2, 0) is 4.79 Å². The van der Waals surface area contributed by atoms with Crippen molar-refractivity contribution in [1.29, 1.82) is 5.26 Å². The van der Waals surface area contributed by atoms with Gasteiger partial charge < -0.3 is 5.73 Å². The number of nitriles is 1. The maximum absolute atomic E-state index is 13.2. The summed E-state index contributed by atoms with van der Waals surface area (Å²) < 4.78 is 0. The molecular weight excluding hydrogens is 340 g/mol. The van der Waals surface area contributed by atoms with Gasteiger partial charge >= 0.3 is 0 Å². The third-order valence-corrected chi connectivity index (χ3v) is 5.13. The minimum atomic E-state index is -0.464. The van der Waals surface area contributed by atoms with Gasteiger partial charge in [0.1, 0.15) is 12.1 Å². The number of anilines is 1. The number of carbonyl (C=O) groups excluding carboxylic acids is 1. The Labute approximate surface area is 157 Å². The van der Waals surface area contributed by atoms with E-state index in [1.165, 1.54) is 6.33 Å². The summed E-state index contributed by atoms with van der Waals surface area (Å²) in [5.41, 5.74) is 8.89. The van der Waals surface area contributed by atoms with Gasteiger partial charge in [0.2, 0.25) is 5.95 Å². The molecular formula is C20H20N6O. The summed E-state index contributed by atoms with van der Waals surface area (Å²) in [7, 11) is 0. The molecule has 1 atom stereocenters. The van der Waals surface area contributed by atoms with Crippen molar-refractivity contribution >= 4 is 11.7 Å². The number of nitrogens with zero attached hydrogens (tertiary/aromatic N) is 4. The lowest BCUT2D eigenvalue weighted by Gasteiger charge is -2.42. The van der Waals surface area contributed by atoms with Crippen LogP contribution in [-0.4, -0.2) is 21.0 Å². The van der Waals surface area contributed by atoms with E-state index < -0.39 is 5.92 Å². The maximum atomic E-state index is 13.2. The Kier molecular flexibility index (Phi) is 3.84. The van der Waals surface area contributed by atoms with E-state index in [1.54, 1.807) is 4.90 Å². The summed E-state index contributed by atoms with van der Waals surface area (Å²) in [6.45, 7) is 4.12. The second-order valence-corrected chi connectivity index (χ2v) is 7.70. The van der Waals surface area contributed by atoms with Crippen LogP contribution < -0.4 is 10.6 Å². The highest BCUT2D eigenvalue weighted by Gasteiger charge is 2.45. The Morgan fingerprint density at radius 2 is 2.04 bits per heavy atom. The molecule has 7 nitrogen and oxygen atoms in total. The molecule has 0 spiro atoms. The van der Waals surface area contributed by atoms with Crippen LogP contribution in [0.2, 0.25) is 0 Å². The Bertz CT molecular complexity index is 995. The predicted molar refractivity (Wildman–Crippen MR) is 99.9 cm³/mol. The number of nitrogens with one attached hydrogen (secondary N) is 1. The summed E-state index contributed by atoms with van der Waals surface area (Å²) in [6.07, 6.45) is 2.46. The van der Waals surface area contributed by atoms with E-state index in [0.29, 0.717) is 29.9 Å². The van der Waals surface area contributed by atoms with Crippen LogP contribution in [0.15, 0.2) is 59.3 Å². The smallest absolute Gasteiger partial charge is 0.231 e. The lowest BCUT2D eigenvalue weighted by atomic mass is 9.68. The number of benzene rings is 1. The van der Waals surface area contributed by atoms with Crippen molar-refractivity contribution in [2.24, 2.45) is 11.1 Å². The Balaban J connectivity index is 2.00. The van der Waals surface area contributed by atoms with Gasteiger partial charge in [-0.05, 0) is 17.4 Å². The third-order valence-electron chi connectivity index (χ3n) is 5.13. The van der Waals surface area contributed by atoms with Gasteiger partial charge in [0.25, 0.3) is 0 Å². The molecule has 1 aliphatic heterocycles. The molecule has 0 saturated heterocycles. The van der Waals surface area contributed by atoms with Crippen LogP contribution in [0.5, 0.6) is 0 Å². The van der Waals surface area contributed by atoms with Gasteiger partial charge in [0.15, 0.2) is 5.78 Å². The molecule has 1 aromatic carbocycles. The minimum Gasteiger partial charge on any atom is -0.384 e. The summed E-state index contributed by atoms with van der Waals surface area (Å²) in [4.78, 5) is 19.1. The van der Waals surface area contributed by atoms with Crippen molar-refractivity contribution in [3.05, 3.63) is 64.9 Å². The zero-order valence-electron chi connectivity index (χ0n) is 15.2. The summed E-state index contributed by atoms with van der Waals surface area (Å²) >= 11 is 0. The molecule has 7 heteroatoms.